The molecule has 30 heavy (non-hydrogen) atoms. The van der Waals surface area contributed by atoms with Crippen LogP contribution in [0.5, 0.6) is 5.75 Å². The Kier molecular flexibility index (Phi) is 8.14. The van der Waals surface area contributed by atoms with Crippen molar-refractivity contribution >= 4 is 46.8 Å². The summed E-state index contributed by atoms with van der Waals surface area (Å²) in [5.74, 6) is 0.478. The van der Waals surface area contributed by atoms with Crippen molar-refractivity contribution in [3.8, 4) is 5.75 Å². The summed E-state index contributed by atoms with van der Waals surface area (Å²) in [5, 5.41) is 5.59. The second kappa shape index (κ2) is 11.0. The number of hydrogen-bond donors (Lipinski definition) is 0. The molecule has 0 bridgehead atoms. The lowest BCUT2D eigenvalue weighted by atomic mass is 10.1. The zero-order valence-corrected chi connectivity index (χ0v) is 18.1. The van der Waals surface area contributed by atoms with Crippen LogP contribution in [0.15, 0.2) is 71.9 Å². The second-order valence-corrected chi connectivity index (χ2v) is 7.65. The van der Waals surface area contributed by atoms with Gasteiger partial charge in [-0.2, -0.15) is 0 Å². The van der Waals surface area contributed by atoms with E-state index in [-0.39, 0.29) is 18.8 Å². The number of rotatable bonds is 9. The minimum atomic E-state index is -0.0937. The van der Waals surface area contributed by atoms with Crippen molar-refractivity contribution in [2.24, 2.45) is 5.16 Å². The van der Waals surface area contributed by atoms with Crippen LogP contribution >= 0.6 is 34.8 Å². The second-order valence-electron chi connectivity index (χ2n) is 6.37. The molecule has 0 spiro atoms. The Bertz CT molecular complexity index is 1040. The molecule has 0 radical (unpaired) electrons. The van der Waals surface area contributed by atoms with E-state index in [1.54, 1.807) is 54.6 Å². The number of nitrogens with zero attached hydrogens (tertiary/aromatic N) is 1. The average Bonchev–Trinajstić information content (AvgIpc) is 2.74. The van der Waals surface area contributed by atoms with Gasteiger partial charge in [0.05, 0.1) is 6.21 Å². The van der Waals surface area contributed by atoms with E-state index in [2.05, 4.69) is 5.16 Å². The maximum absolute atomic E-state index is 12.4. The Morgan fingerprint density at radius 2 is 1.67 bits per heavy atom. The summed E-state index contributed by atoms with van der Waals surface area (Å²) < 4.78 is 5.76. The summed E-state index contributed by atoms with van der Waals surface area (Å²) in [7, 11) is 0. The van der Waals surface area contributed by atoms with Crippen LogP contribution in [0.4, 0.5) is 0 Å². The van der Waals surface area contributed by atoms with Crippen LogP contribution in [-0.2, 0) is 18.1 Å². The predicted octanol–water partition coefficient (Wildman–Crippen LogP) is 7.00. The van der Waals surface area contributed by atoms with E-state index in [4.69, 9.17) is 44.4 Å². The number of carbonyl (C=O) groups excluding carboxylic acids is 1. The molecule has 0 aliphatic rings. The van der Waals surface area contributed by atoms with Gasteiger partial charge in [0, 0.05) is 32.6 Å². The van der Waals surface area contributed by atoms with Crippen molar-refractivity contribution in [1.29, 1.82) is 0 Å². The minimum absolute atomic E-state index is 0.0937. The average molecular weight is 463 g/mol. The lowest BCUT2D eigenvalue weighted by molar-refractivity contribution is 0.0995. The summed E-state index contributed by atoms with van der Waals surface area (Å²) >= 11 is 17.9. The molecule has 0 aliphatic heterocycles. The third-order valence-corrected chi connectivity index (χ3v) is 4.97. The fourth-order valence-corrected chi connectivity index (χ4v) is 3.13. The molecule has 0 fully saturated rings. The quantitative estimate of drug-likeness (QED) is 0.195. The van der Waals surface area contributed by atoms with Crippen LogP contribution < -0.4 is 4.74 Å². The summed E-state index contributed by atoms with van der Waals surface area (Å²) in [6.45, 7) is 0.575. The first kappa shape index (κ1) is 22.2. The molecule has 0 aromatic heterocycles. The Balaban J connectivity index is 1.49. The van der Waals surface area contributed by atoms with Gasteiger partial charge >= 0.3 is 0 Å². The number of hydrogen-bond acceptors (Lipinski definition) is 4. The molecule has 4 nitrogen and oxygen atoms in total. The van der Waals surface area contributed by atoms with Gasteiger partial charge in [0.15, 0.2) is 5.78 Å². The van der Waals surface area contributed by atoms with Crippen LogP contribution in [-0.4, -0.2) is 12.0 Å². The largest absolute Gasteiger partial charge is 0.489 e. The van der Waals surface area contributed by atoms with Crippen LogP contribution in [0.2, 0.25) is 15.1 Å². The fraction of sp³-hybridized carbons (Fsp3) is 0.130. The zero-order chi connectivity index (χ0) is 21.3. The molecule has 3 aromatic rings. The smallest absolute Gasteiger partial charge is 0.168 e. The molecule has 0 saturated heterocycles. The van der Waals surface area contributed by atoms with Crippen molar-refractivity contribution in [3.05, 3.63) is 98.5 Å². The standard InChI is InChI=1S/C23H18Cl3NO3/c24-19-7-4-16(5-8-19)14-30-27-11-10-23(28)17-2-1-3-21(12-17)29-15-18-6-9-20(25)13-22(18)26/h1-9,11-13H,10,14-15H2/b27-11-. The van der Waals surface area contributed by atoms with Crippen LogP contribution in [0.25, 0.3) is 0 Å². The molecule has 0 N–H and O–H groups in total. The number of Topliss-reactive ketones (excluding diaryl/α,β-unsaturated/α-hetero) is 1. The number of halogens is 3. The molecule has 3 aromatic carbocycles. The van der Waals surface area contributed by atoms with E-state index in [0.29, 0.717) is 33.0 Å². The minimum Gasteiger partial charge on any atom is -0.489 e. The van der Waals surface area contributed by atoms with Crippen LogP contribution in [0.1, 0.15) is 27.9 Å². The van der Waals surface area contributed by atoms with E-state index in [0.717, 1.165) is 11.1 Å². The molecule has 0 amide bonds. The van der Waals surface area contributed by atoms with E-state index in [1.807, 2.05) is 12.1 Å². The predicted molar refractivity (Wildman–Crippen MR) is 121 cm³/mol. The van der Waals surface area contributed by atoms with Gasteiger partial charge in [-0.1, -0.05) is 70.3 Å². The van der Waals surface area contributed by atoms with E-state index >= 15 is 0 Å². The molecular weight excluding hydrogens is 445 g/mol. The molecule has 154 valence electrons. The number of oxime groups is 1. The zero-order valence-electron chi connectivity index (χ0n) is 15.9. The number of carbonyl (C=O) groups is 1. The first-order valence-corrected chi connectivity index (χ1v) is 10.2. The van der Waals surface area contributed by atoms with Crippen molar-refractivity contribution in [2.75, 3.05) is 0 Å². The van der Waals surface area contributed by atoms with Gasteiger partial charge in [-0.05, 0) is 42.0 Å². The van der Waals surface area contributed by atoms with Gasteiger partial charge in [0.1, 0.15) is 19.0 Å². The molecule has 0 atom stereocenters. The Labute approximate surface area is 190 Å². The molecule has 3 rings (SSSR count). The molecule has 0 saturated carbocycles. The first-order chi connectivity index (χ1) is 14.5. The van der Waals surface area contributed by atoms with Gasteiger partial charge in [-0.15, -0.1) is 0 Å². The maximum atomic E-state index is 12.4. The van der Waals surface area contributed by atoms with Gasteiger partial charge in [0.2, 0.25) is 0 Å². The van der Waals surface area contributed by atoms with E-state index in [9.17, 15) is 4.79 Å². The molecule has 0 heterocycles. The molecular formula is C23H18Cl3NO3. The van der Waals surface area contributed by atoms with Gasteiger partial charge in [-0.3, -0.25) is 4.79 Å². The highest BCUT2D eigenvalue weighted by Crippen LogP contribution is 2.23. The van der Waals surface area contributed by atoms with Crippen molar-refractivity contribution < 1.29 is 14.4 Å². The third kappa shape index (κ3) is 6.77. The lowest BCUT2D eigenvalue weighted by Gasteiger charge is -2.09. The SMILES string of the molecule is O=C(C/C=N\OCc1ccc(Cl)cc1)c1cccc(OCc2ccc(Cl)cc2Cl)c1. The van der Waals surface area contributed by atoms with Gasteiger partial charge in [0.25, 0.3) is 0 Å². The summed E-state index contributed by atoms with van der Waals surface area (Å²) in [6, 6.07) is 19.5. The van der Waals surface area contributed by atoms with Crippen molar-refractivity contribution in [3.63, 3.8) is 0 Å². The monoisotopic (exact) mass is 461 g/mol. The highest BCUT2D eigenvalue weighted by atomic mass is 35.5. The van der Waals surface area contributed by atoms with E-state index < -0.39 is 0 Å². The number of ketones is 1. The molecule has 0 aliphatic carbocycles. The Hall–Kier alpha value is -2.53. The summed E-state index contributed by atoms with van der Waals surface area (Å²) in [4.78, 5) is 17.6. The summed E-state index contributed by atoms with van der Waals surface area (Å²) in [5.41, 5.74) is 2.27. The fourth-order valence-electron chi connectivity index (χ4n) is 2.54. The highest BCUT2D eigenvalue weighted by molar-refractivity contribution is 6.35. The third-order valence-electron chi connectivity index (χ3n) is 4.14. The van der Waals surface area contributed by atoms with Crippen LogP contribution in [0.3, 0.4) is 0 Å². The topological polar surface area (TPSA) is 47.9 Å². The first-order valence-electron chi connectivity index (χ1n) is 9.09. The van der Waals surface area contributed by atoms with E-state index in [1.165, 1.54) is 6.21 Å². The Morgan fingerprint density at radius 1 is 0.900 bits per heavy atom. The van der Waals surface area contributed by atoms with Crippen LogP contribution in [0, 0.1) is 0 Å². The van der Waals surface area contributed by atoms with Crippen molar-refractivity contribution in [1.82, 2.24) is 0 Å². The summed E-state index contributed by atoms with van der Waals surface area (Å²) in [6.07, 6.45) is 1.56. The molecule has 7 heteroatoms. The lowest BCUT2D eigenvalue weighted by Crippen LogP contribution is -2.02. The maximum Gasteiger partial charge on any atom is 0.168 e. The van der Waals surface area contributed by atoms with Gasteiger partial charge in [-0.25, -0.2) is 0 Å². The Morgan fingerprint density at radius 3 is 2.43 bits per heavy atom. The number of benzene rings is 3. The highest BCUT2D eigenvalue weighted by Gasteiger charge is 2.07. The van der Waals surface area contributed by atoms with Gasteiger partial charge < -0.3 is 9.57 Å². The normalized spacial score (nSPS) is 10.9. The number of ether oxygens (including phenoxy) is 1. The molecule has 0 unspecified atom stereocenters. The van der Waals surface area contributed by atoms with Crippen molar-refractivity contribution in [2.45, 2.75) is 19.6 Å².